The van der Waals surface area contributed by atoms with Crippen LogP contribution in [0.3, 0.4) is 0 Å². The Morgan fingerprint density at radius 1 is 1.22 bits per heavy atom. The van der Waals surface area contributed by atoms with Gasteiger partial charge in [0.25, 0.3) is 0 Å². The first-order valence-electron chi connectivity index (χ1n) is 7.18. The zero-order valence-corrected chi connectivity index (χ0v) is 13.9. The summed E-state index contributed by atoms with van der Waals surface area (Å²) in [5.74, 6) is -0.303. The summed E-state index contributed by atoms with van der Waals surface area (Å²) in [6, 6.07) is 10.1. The van der Waals surface area contributed by atoms with E-state index in [2.05, 4.69) is 10.0 Å². The molecular formula is C16H16N2O3S2. The van der Waals surface area contributed by atoms with E-state index in [0.29, 0.717) is 5.69 Å². The Hall–Kier alpha value is -1.96. The van der Waals surface area contributed by atoms with Crippen LogP contribution >= 0.6 is 11.3 Å². The highest BCUT2D eigenvalue weighted by Gasteiger charge is 2.28. The molecule has 1 amide bonds. The topological polar surface area (TPSA) is 75.3 Å². The van der Waals surface area contributed by atoms with E-state index < -0.39 is 10.0 Å². The largest absolute Gasteiger partial charge is 0.322 e. The smallest absolute Gasteiger partial charge is 0.248 e. The molecule has 23 heavy (non-hydrogen) atoms. The minimum absolute atomic E-state index is 0.0481. The first kappa shape index (κ1) is 15.9. The number of hydrogen-bond donors (Lipinski definition) is 2. The molecule has 0 atom stereocenters. The van der Waals surface area contributed by atoms with E-state index in [4.69, 9.17) is 0 Å². The van der Waals surface area contributed by atoms with Crippen molar-refractivity contribution in [3.63, 3.8) is 0 Å². The second-order valence-corrected chi connectivity index (χ2v) is 7.95. The van der Waals surface area contributed by atoms with Crippen LogP contribution in [0.1, 0.15) is 17.7 Å². The molecule has 0 aliphatic heterocycles. The molecule has 1 heterocycles. The van der Waals surface area contributed by atoms with Gasteiger partial charge in [0, 0.05) is 22.7 Å². The van der Waals surface area contributed by atoms with E-state index >= 15 is 0 Å². The maximum atomic E-state index is 12.2. The number of nitrogens with one attached hydrogen (secondary N) is 2. The number of benzene rings is 1. The van der Waals surface area contributed by atoms with Crippen LogP contribution in [0.4, 0.5) is 5.69 Å². The molecule has 0 bridgehead atoms. The Labute approximate surface area is 139 Å². The minimum Gasteiger partial charge on any atom is -0.322 e. The van der Waals surface area contributed by atoms with Crippen molar-refractivity contribution < 1.29 is 13.2 Å². The third kappa shape index (κ3) is 4.51. The van der Waals surface area contributed by atoms with Gasteiger partial charge in [-0.25, -0.2) is 13.1 Å². The summed E-state index contributed by atoms with van der Waals surface area (Å²) in [5.41, 5.74) is 0.449. The fourth-order valence-electron chi connectivity index (χ4n) is 1.96. The monoisotopic (exact) mass is 348 g/mol. The van der Waals surface area contributed by atoms with Gasteiger partial charge in [0.05, 0.1) is 4.90 Å². The molecular weight excluding hydrogens is 332 g/mol. The number of hydrogen-bond acceptors (Lipinski definition) is 4. The number of rotatable bonds is 6. The normalized spacial score (nSPS) is 15.0. The van der Waals surface area contributed by atoms with Crippen molar-refractivity contribution in [2.24, 2.45) is 0 Å². The first-order chi connectivity index (χ1) is 11.0. The lowest BCUT2D eigenvalue weighted by atomic mass is 10.3. The molecule has 2 N–H and O–H groups in total. The number of carbonyl (C=O) groups is 1. The van der Waals surface area contributed by atoms with Crippen molar-refractivity contribution in [1.29, 1.82) is 0 Å². The van der Waals surface area contributed by atoms with Gasteiger partial charge in [-0.2, -0.15) is 0 Å². The van der Waals surface area contributed by atoms with Crippen molar-refractivity contribution in [3.05, 3.63) is 52.7 Å². The summed E-state index contributed by atoms with van der Waals surface area (Å²) < 4.78 is 26.9. The first-order valence-corrected chi connectivity index (χ1v) is 9.54. The van der Waals surface area contributed by atoms with Crippen LogP contribution in [0.2, 0.25) is 0 Å². The van der Waals surface area contributed by atoms with E-state index in [1.807, 2.05) is 17.5 Å². The SMILES string of the molecule is O=C(C=Cc1cccs1)Nc1cccc(S(=O)(=O)NC2CC2)c1. The van der Waals surface area contributed by atoms with Gasteiger partial charge in [0.2, 0.25) is 15.9 Å². The Bertz CT molecular complexity index is 823. The summed E-state index contributed by atoms with van der Waals surface area (Å²) in [5, 5.41) is 4.60. The Kier molecular flexibility index (Phi) is 4.61. The molecule has 1 aliphatic rings. The highest BCUT2D eigenvalue weighted by Crippen LogP contribution is 2.23. The molecule has 1 aromatic carbocycles. The van der Waals surface area contributed by atoms with E-state index in [-0.39, 0.29) is 16.8 Å². The van der Waals surface area contributed by atoms with Gasteiger partial charge in [-0.3, -0.25) is 4.79 Å². The second kappa shape index (κ2) is 6.66. The average molecular weight is 348 g/mol. The summed E-state index contributed by atoms with van der Waals surface area (Å²) >= 11 is 1.53. The number of carbonyl (C=O) groups excluding carboxylic acids is 1. The maximum Gasteiger partial charge on any atom is 0.248 e. The molecule has 120 valence electrons. The van der Waals surface area contributed by atoms with Crippen LogP contribution in [0.5, 0.6) is 0 Å². The van der Waals surface area contributed by atoms with Crippen LogP contribution in [0, 0.1) is 0 Å². The third-order valence-corrected chi connectivity index (χ3v) is 5.61. The summed E-state index contributed by atoms with van der Waals surface area (Å²) in [7, 11) is -3.52. The lowest BCUT2D eigenvalue weighted by Gasteiger charge is -2.08. The minimum atomic E-state index is -3.52. The Morgan fingerprint density at radius 2 is 2.04 bits per heavy atom. The molecule has 1 fully saturated rings. The van der Waals surface area contributed by atoms with Crippen molar-refractivity contribution in [2.45, 2.75) is 23.8 Å². The molecule has 5 nitrogen and oxygen atoms in total. The van der Waals surface area contributed by atoms with Crippen molar-refractivity contribution in [1.82, 2.24) is 4.72 Å². The average Bonchev–Trinajstić information content (AvgIpc) is 3.16. The standard InChI is InChI=1S/C16H16N2O3S2/c19-16(9-8-14-4-2-10-22-14)17-13-3-1-5-15(11-13)23(20,21)18-12-6-7-12/h1-5,8-12,18H,6-7H2,(H,17,19). The van der Waals surface area contributed by atoms with Gasteiger partial charge >= 0.3 is 0 Å². The van der Waals surface area contributed by atoms with E-state index in [1.54, 1.807) is 18.2 Å². The fourth-order valence-corrected chi connectivity index (χ4v) is 3.93. The van der Waals surface area contributed by atoms with Crippen LogP contribution < -0.4 is 10.0 Å². The molecule has 1 saturated carbocycles. The van der Waals surface area contributed by atoms with E-state index in [0.717, 1.165) is 17.7 Å². The number of sulfonamides is 1. The van der Waals surface area contributed by atoms with Gasteiger partial charge in [-0.15, -0.1) is 11.3 Å². The Morgan fingerprint density at radius 3 is 2.74 bits per heavy atom. The summed E-state index contributed by atoms with van der Waals surface area (Å²) in [6.45, 7) is 0. The Balaban J connectivity index is 1.68. The van der Waals surface area contributed by atoms with Crippen molar-refractivity contribution in [3.8, 4) is 0 Å². The van der Waals surface area contributed by atoms with Crippen LogP contribution in [-0.4, -0.2) is 20.4 Å². The molecule has 0 unspecified atom stereocenters. The third-order valence-electron chi connectivity index (χ3n) is 3.25. The quantitative estimate of drug-likeness (QED) is 0.788. The van der Waals surface area contributed by atoms with Gasteiger partial charge < -0.3 is 5.32 Å². The molecule has 3 rings (SSSR count). The highest BCUT2D eigenvalue weighted by atomic mass is 32.2. The molecule has 0 saturated heterocycles. The lowest BCUT2D eigenvalue weighted by molar-refractivity contribution is -0.111. The van der Waals surface area contributed by atoms with Crippen LogP contribution in [-0.2, 0) is 14.8 Å². The zero-order chi connectivity index (χ0) is 16.3. The second-order valence-electron chi connectivity index (χ2n) is 5.26. The molecule has 0 spiro atoms. The molecule has 2 aromatic rings. The zero-order valence-electron chi connectivity index (χ0n) is 12.2. The summed E-state index contributed by atoms with van der Waals surface area (Å²) in [6.07, 6.45) is 4.90. The number of thiophene rings is 1. The summed E-state index contributed by atoms with van der Waals surface area (Å²) in [4.78, 5) is 13.0. The lowest BCUT2D eigenvalue weighted by Crippen LogP contribution is -2.25. The predicted molar refractivity (Wildman–Crippen MR) is 91.8 cm³/mol. The van der Waals surface area contributed by atoms with Crippen LogP contribution in [0.15, 0.2) is 52.7 Å². The van der Waals surface area contributed by atoms with Gasteiger partial charge in [-0.1, -0.05) is 12.1 Å². The van der Waals surface area contributed by atoms with E-state index in [1.165, 1.54) is 29.5 Å². The van der Waals surface area contributed by atoms with Gasteiger partial charge in [0.15, 0.2) is 0 Å². The van der Waals surface area contributed by atoms with E-state index in [9.17, 15) is 13.2 Å². The number of amides is 1. The molecule has 7 heteroatoms. The highest BCUT2D eigenvalue weighted by molar-refractivity contribution is 7.89. The van der Waals surface area contributed by atoms with Crippen molar-refractivity contribution >= 4 is 39.0 Å². The van der Waals surface area contributed by atoms with Crippen molar-refractivity contribution in [2.75, 3.05) is 5.32 Å². The molecule has 0 radical (unpaired) electrons. The van der Waals surface area contributed by atoms with Gasteiger partial charge in [0.1, 0.15) is 0 Å². The molecule has 1 aliphatic carbocycles. The van der Waals surface area contributed by atoms with Gasteiger partial charge in [-0.05, 0) is 48.6 Å². The number of anilines is 1. The fraction of sp³-hybridized carbons (Fsp3) is 0.188. The molecule has 1 aromatic heterocycles. The van der Waals surface area contributed by atoms with Crippen LogP contribution in [0.25, 0.3) is 6.08 Å². The maximum absolute atomic E-state index is 12.2. The predicted octanol–water partition coefficient (Wildman–Crippen LogP) is 2.84.